The second-order valence-electron chi connectivity index (χ2n) is 5.51. The first-order valence-electron chi connectivity index (χ1n) is 8.01. The SMILES string of the molecule is CCCC1=C(C(=O)OCC)[C@H](c2cccc(O)c2)n2ncnc2N1. The van der Waals surface area contributed by atoms with Crippen LogP contribution in [0, 0.1) is 0 Å². The first-order valence-corrected chi connectivity index (χ1v) is 8.01. The molecular weight excluding hydrogens is 308 g/mol. The Morgan fingerprint density at radius 1 is 1.42 bits per heavy atom. The minimum absolute atomic E-state index is 0.132. The average molecular weight is 328 g/mol. The van der Waals surface area contributed by atoms with E-state index < -0.39 is 6.04 Å². The van der Waals surface area contributed by atoms with Crippen LogP contribution < -0.4 is 5.32 Å². The van der Waals surface area contributed by atoms with Crippen LogP contribution in [0.5, 0.6) is 5.75 Å². The molecule has 7 nitrogen and oxygen atoms in total. The van der Waals surface area contributed by atoms with Crippen molar-refractivity contribution in [2.45, 2.75) is 32.7 Å². The van der Waals surface area contributed by atoms with Gasteiger partial charge in [0.25, 0.3) is 0 Å². The lowest BCUT2D eigenvalue weighted by atomic mass is 9.94. The molecule has 0 aliphatic carbocycles. The van der Waals surface area contributed by atoms with Crippen molar-refractivity contribution in [2.24, 2.45) is 0 Å². The van der Waals surface area contributed by atoms with E-state index in [-0.39, 0.29) is 11.7 Å². The summed E-state index contributed by atoms with van der Waals surface area (Å²) >= 11 is 0. The Hall–Kier alpha value is -2.83. The third-order valence-corrected chi connectivity index (χ3v) is 3.86. The topological polar surface area (TPSA) is 89.3 Å². The van der Waals surface area contributed by atoms with Crippen molar-refractivity contribution in [3.63, 3.8) is 0 Å². The minimum atomic E-state index is -0.489. The third kappa shape index (κ3) is 2.84. The summed E-state index contributed by atoms with van der Waals surface area (Å²) in [7, 11) is 0. The van der Waals surface area contributed by atoms with Gasteiger partial charge < -0.3 is 15.2 Å². The number of nitrogens with zero attached hydrogens (tertiary/aromatic N) is 3. The predicted molar refractivity (Wildman–Crippen MR) is 88.5 cm³/mol. The van der Waals surface area contributed by atoms with E-state index in [1.165, 1.54) is 6.33 Å². The number of aromatic hydroxyl groups is 1. The van der Waals surface area contributed by atoms with Gasteiger partial charge in [-0.15, -0.1) is 0 Å². The Balaban J connectivity index is 2.17. The van der Waals surface area contributed by atoms with Gasteiger partial charge in [0, 0.05) is 5.70 Å². The molecule has 7 heteroatoms. The fraction of sp³-hybridized carbons (Fsp3) is 0.353. The van der Waals surface area contributed by atoms with Crippen LogP contribution in [0.4, 0.5) is 5.95 Å². The second kappa shape index (κ2) is 6.74. The highest BCUT2D eigenvalue weighted by Gasteiger charge is 2.35. The van der Waals surface area contributed by atoms with E-state index in [4.69, 9.17) is 4.74 Å². The van der Waals surface area contributed by atoms with Gasteiger partial charge in [-0.05, 0) is 31.0 Å². The van der Waals surface area contributed by atoms with Crippen LogP contribution >= 0.6 is 0 Å². The van der Waals surface area contributed by atoms with Crippen molar-refractivity contribution in [3.05, 3.63) is 47.4 Å². The number of carbonyl (C=O) groups excluding carboxylic acids is 1. The van der Waals surface area contributed by atoms with Crippen LogP contribution in [0.3, 0.4) is 0 Å². The fourth-order valence-electron chi connectivity index (χ4n) is 2.91. The summed E-state index contributed by atoms with van der Waals surface area (Å²) in [6, 6.07) is 6.32. The van der Waals surface area contributed by atoms with Gasteiger partial charge in [-0.2, -0.15) is 10.1 Å². The number of hydrogen-bond donors (Lipinski definition) is 2. The van der Waals surface area contributed by atoms with Crippen molar-refractivity contribution < 1.29 is 14.6 Å². The fourth-order valence-corrected chi connectivity index (χ4v) is 2.91. The molecule has 0 bridgehead atoms. The molecule has 0 fully saturated rings. The molecule has 1 aliphatic heterocycles. The summed E-state index contributed by atoms with van der Waals surface area (Å²) in [5.74, 6) is 0.315. The van der Waals surface area contributed by atoms with Crippen LogP contribution in [0.25, 0.3) is 0 Å². The molecule has 0 radical (unpaired) electrons. The molecule has 0 saturated carbocycles. The second-order valence-corrected chi connectivity index (χ2v) is 5.51. The zero-order valence-electron chi connectivity index (χ0n) is 13.7. The maximum Gasteiger partial charge on any atom is 0.338 e. The first-order chi connectivity index (χ1) is 11.7. The molecule has 2 heterocycles. The number of esters is 1. The molecule has 2 aromatic rings. The van der Waals surface area contributed by atoms with Gasteiger partial charge in [-0.25, -0.2) is 9.48 Å². The minimum Gasteiger partial charge on any atom is -0.508 e. The number of phenolic OH excluding ortho intramolecular Hbond substituents is 1. The zero-order chi connectivity index (χ0) is 17.1. The number of allylic oxidation sites excluding steroid dienone is 1. The summed E-state index contributed by atoms with van der Waals surface area (Å²) in [5, 5.41) is 17.3. The Morgan fingerprint density at radius 2 is 2.25 bits per heavy atom. The van der Waals surface area contributed by atoms with Crippen molar-refractivity contribution >= 4 is 11.9 Å². The van der Waals surface area contributed by atoms with Crippen LogP contribution in [0.1, 0.15) is 38.3 Å². The Morgan fingerprint density at radius 3 is 2.96 bits per heavy atom. The summed E-state index contributed by atoms with van der Waals surface area (Å²) in [4.78, 5) is 16.9. The number of hydrogen-bond acceptors (Lipinski definition) is 6. The largest absolute Gasteiger partial charge is 0.508 e. The quantitative estimate of drug-likeness (QED) is 0.820. The van der Waals surface area contributed by atoms with E-state index in [1.54, 1.807) is 29.8 Å². The lowest BCUT2D eigenvalue weighted by Crippen LogP contribution is -2.30. The van der Waals surface area contributed by atoms with Crippen molar-refractivity contribution in [3.8, 4) is 5.75 Å². The van der Waals surface area contributed by atoms with Gasteiger partial charge in [0.15, 0.2) is 0 Å². The molecule has 0 spiro atoms. The van der Waals surface area contributed by atoms with Gasteiger partial charge >= 0.3 is 5.97 Å². The van der Waals surface area contributed by atoms with E-state index in [0.29, 0.717) is 24.5 Å². The first kappa shape index (κ1) is 16.0. The zero-order valence-corrected chi connectivity index (χ0v) is 13.7. The molecule has 1 aromatic heterocycles. The van der Waals surface area contributed by atoms with Crippen molar-refractivity contribution in [1.29, 1.82) is 0 Å². The molecule has 0 amide bonds. The number of aromatic nitrogens is 3. The van der Waals surface area contributed by atoms with Crippen LogP contribution in [-0.2, 0) is 9.53 Å². The normalized spacial score (nSPS) is 16.5. The Labute approximate surface area is 140 Å². The molecular formula is C17H20N4O3. The molecule has 3 rings (SSSR count). The average Bonchev–Trinajstić information content (AvgIpc) is 3.02. The predicted octanol–water partition coefficient (Wildman–Crippen LogP) is 2.62. The smallest absolute Gasteiger partial charge is 0.338 e. The third-order valence-electron chi connectivity index (χ3n) is 3.86. The molecule has 0 unspecified atom stereocenters. The van der Waals surface area contributed by atoms with Crippen molar-refractivity contribution in [1.82, 2.24) is 14.8 Å². The highest BCUT2D eigenvalue weighted by atomic mass is 16.5. The maximum absolute atomic E-state index is 12.6. The van der Waals surface area contributed by atoms with Gasteiger partial charge in [0.2, 0.25) is 5.95 Å². The summed E-state index contributed by atoms with van der Waals surface area (Å²) < 4.78 is 6.91. The van der Waals surface area contributed by atoms with E-state index in [1.807, 2.05) is 13.0 Å². The highest BCUT2D eigenvalue weighted by Crippen LogP contribution is 2.37. The van der Waals surface area contributed by atoms with Gasteiger partial charge in [-0.3, -0.25) is 0 Å². The number of phenols is 1. The van der Waals surface area contributed by atoms with E-state index in [9.17, 15) is 9.90 Å². The van der Waals surface area contributed by atoms with Crippen molar-refractivity contribution in [2.75, 3.05) is 11.9 Å². The summed E-state index contributed by atoms with van der Waals surface area (Å²) in [5.41, 5.74) is 2.03. The van der Waals surface area contributed by atoms with Gasteiger partial charge in [0.05, 0.1) is 12.2 Å². The maximum atomic E-state index is 12.6. The lowest BCUT2D eigenvalue weighted by molar-refractivity contribution is -0.139. The standard InChI is InChI=1S/C17H20N4O3/c1-3-6-13-14(16(23)24-4-2)15(11-7-5-8-12(22)9-11)21-17(20-13)18-10-19-21/h5,7-10,15,22H,3-4,6H2,1-2H3,(H,18,19,20)/t15-/m0/s1. The molecule has 2 N–H and O–H groups in total. The number of nitrogens with one attached hydrogen (secondary N) is 1. The summed E-state index contributed by atoms with van der Waals surface area (Å²) in [6.07, 6.45) is 3.00. The molecule has 126 valence electrons. The highest BCUT2D eigenvalue weighted by molar-refractivity contribution is 5.92. The molecule has 24 heavy (non-hydrogen) atoms. The molecule has 1 atom stereocenters. The number of fused-ring (bicyclic) bond motifs is 1. The molecule has 1 aromatic carbocycles. The number of anilines is 1. The number of benzene rings is 1. The van der Waals surface area contributed by atoms with Crippen LogP contribution in [-0.4, -0.2) is 32.4 Å². The monoisotopic (exact) mass is 328 g/mol. The van der Waals surface area contributed by atoms with E-state index in [2.05, 4.69) is 15.4 Å². The van der Waals surface area contributed by atoms with Crippen LogP contribution in [0.15, 0.2) is 41.9 Å². The lowest BCUT2D eigenvalue weighted by Gasteiger charge is -2.29. The van der Waals surface area contributed by atoms with E-state index in [0.717, 1.165) is 17.7 Å². The Bertz CT molecular complexity index is 782. The van der Waals surface area contributed by atoms with Gasteiger partial charge in [-0.1, -0.05) is 25.5 Å². The number of carbonyl (C=O) groups is 1. The number of rotatable bonds is 5. The molecule has 0 saturated heterocycles. The molecule has 1 aliphatic rings. The summed E-state index contributed by atoms with van der Waals surface area (Å²) in [6.45, 7) is 4.11. The van der Waals surface area contributed by atoms with Crippen LogP contribution in [0.2, 0.25) is 0 Å². The van der Waals surface area contributed by atoms with Gasteiger partial charge in [0.1, 0.15) is 18.1 Å². The number of ether oxygens (including phenoxy) is 1. The Kier molecular flexibility index (Phi) is 4.50. The van der Waals surface area contributed by atoms with E-state index >= 15 is 0 Å².